The molecule has 1 N–H and O–H groups in total. The summed E-state index contributed by atoms with van der Waals surface area (Å²) in [6, 6.07) is 25.3. The molecule has 3 aromatic carbocycles. The summed E-state index contributed by atoms with van der Waals surface area (Å²) < 4.78 is 0. The molecule has 1 aliphatic heterocycles. The van der Waals surface area contributed by atoms with Gasteiger partial charge in [-0.2, -0.15) is 0 Å². The topological polar surface area (TPSA) is 86.8 Å². The molecule has 38 heavy (non-hydrogen) atoms. The molecule has 0 unspecified atom stereocenters. The predicted molar refractivity (Wildman–Crippen MR) is 145 cm³/mol. The molecule has 0 bridgehead atoms. The van der Waals surface area contributed by atoms with Crippen molar-refractivity contribution in [2.24, 2.45) is 0 Å². The minimum absolute atomic E-state index is 0.104. The van der Waals surface area contributed by atoms with E-state index >= 15 is 0 Å². The summed E-state index contributed by atoms with van der Waals surface area (Å²) in [6.45, 7) is 2.93. The first-order valence-corrected chi connectivity index (χ1v) is 13.1. The van der Waals surface area contributed by atoms with Crippen molar-refractivity contribution in [2.45, 2.75) is 45.2 Å². The van der Waals surface area contributed by atoms with Crippen LogP contribution in [0.15, 0.2) is 84.9 Å². The predicted octanol–water partition coefficient (Wildman–Crippen LogP) is 4.23. The number of imide groups is 1. The first-order chi connectivity index (χ1) is 18.5. The Hall–Kier alpha value is -4.26. The molecule has 0 fully saturated rings. The Morgan fingerprint density at radius 2 is 1.37 bits per heavy atom. The van der Waals surface area contributed by atoms with Crippen molar-refractivity contribution in [3.63, 3.8) is 0 Å². The third kappa shape index (κ3) is 6.35. The summed E-state index contributed by atoms with van der Waals surface area (Å²) in [5, 5.41) is 2.97. The van der Waals surface area contributed by atoms with Gasteiger partial charge in [0, 0.05) is 32.5 Å². The quantitative estimate of drug-likeness (QED) is 0.369. The van der Waals surface area contributed by atoms with Crippen LogP contribution in [0.25, 0.3) is 0 Å². The second-order valence-corrected chi connectivity index (χ2v) is 9.41. The zero-order chi connectivity index (χ0) is 26.9. The van der Waals surface area contributed by atoms with Gasteiger partial charge in [-0.1, -0.05) is 79.7 Å². The number of amides is 4. The Morgan fingerprint density at radius 1 is 0.816 bits per heavy atom. The number of nitrogens with zero attached hydrogens (tertiary/aromatic N) is 2. The number of nitrogens with one attached hydrogen (secondary N) is 1. The van der Waals surface area contributed by atoms with Crippen molar-refractivity contribution < 1.29 is 19.2 Å². The van der Waals surface area contributed by atoms with Crippen LogP contribution in [0.5, 0.6) is 0 Å². The molecule has 0 aromatic heterocycles. The van der Waals surface area contributed by atoms with Gasteiger partial charge in [-0.3, -0.25) is 24.1 Å². The molecule has 4 amide bonds. The SMILES string of the molecule is CCCNC(=O)[C@H](Cc1ccccc1)N(Cc1ccccc1)C(=O)CCCN1C(=O)c2ccccc2C1=O. The average Bonchev–Trinajstić information content (AvgIpc) is 3.19. The normalized spacial score (nSPS) is 13.2. The van der Waals surface area contributed by atoms with Gasteiger partial charge in [0.15, 0.2) is 0 Å². The van der Waals surface area contributed by atoms with Crippen LogP contribution in [0.3, 0.4) is 0 Å². The number of carbonyl (C=O) groups excluding carboxylic acids is 4. The van der Waals surface area contributed by atoms with Crippen molar-refractivity contribution in [2.75, 3.05) is 13.1 Å². The van der Waals surface area contributed by atoms with E-state index in [0.29, 0.717) is 30.5 Å². The van der Waals surface area contributed by atoms with Crippen LogP contribution in [0.4, 0.5) is 0 Å². The maximum Gasteiger partial charge on any atom is 0.261 e. The highest BCUT2D eigenvalue weighted by Gasteiger charge is 2.35. The van der Waals surface area contributed by atoms with Gasteiger partial charge in [-0.15, -0.1) is 0 Å². The zero-order valence-electron chi connectivity index (χ0n) is 21.6. The van der Waals surface area contributed by atoms with E-state index in [0.717, 1.165) is 17.5 Å². The minimum atomic E-state index is -0.698. The van der Waals surface area contributed by atoms with E-state index in [9.17, 15) is 19.2 Å². The highest BCUT2D eigenvalue weighted by Crippen LogP contribution is 2.23. The molecule has 0 saturated carbocycles. The van der Waals surface area contributed by atoms with Gasteiger partial charge in [-0.25, -0.2) is 0 Å². The molecule has 4 rings (SSSR count). The van der Waals surface area contributed by atoms with Gasteiger partial charge in [0.05, 0.1) is 11.1 Å². The molecule has 0 aliphatic carbocycles. The first-order valence-electron chi connectivity index (χ1n) is 13.1. The van der Waals surface area contributed by atoms with Crippen LogP contribution in [-0.4, -0.2) is 52.6 Å². The number of rotatable bonds is 12. The zero-order valence-corrected chi connectivity index (χ0v) is 21.6. The lowest BCUT2D eigenvalue weighted by Crippen LogP contribution is -2.50. The monoisotopic (exact) mass is 511 g/mol. The van der Waals surface area contributed by atoms with E-state index in [4.69, 9.17) is 0 Å². The Balaban J connectivity index is 1.51. The minimum Gasteiger partial charge on any atom is -0.354 e. The van der Waals surface area contributed by atoms with Gasteiger partial charge in [0.1, 0.15) is 6.04 Å². The van der Waals surface area contributed by atoms with E-state index < -0.39 is 6.04 Å². The van der Waals surface area contributed by atoms with Crippen molar-refractivity contribution in [3.8, 4) is 0 Å². The van der Waals surface area contributed by atoms with E-state index in [1.165, 1.54) is 4.90 Å². The molecular weight excluding hydrogens is 478 g/mol. The number of hydrogen-bond acceptors (Lipinski definition) is 4. The third-order valence-electron chi connectivity index (χ3n) is 6.67. The largest absolute Gasteiger partial charge is 0.354 e. The standard InChI is InChI=1S/C31H33N3O4/c1-2-19-32-29(36)27(21-23-12-5-3-6-13-23)34(22-24-14-7-4-8-15-24)28(35)18-11-20-33-30(37)25-16-9-10-17-26(25)31(33)38/h3-10,12-17,27H,2,11,18-22H2,1H3,(H,32,36)/t27-/m0/s1. The average molecular weight is 512 g/mol. The lowest BCUT2D eigenvalue weighted by molar-refractivity contribution is -0.141. The molecule has 3 aromatic rings. The number of hydrogen-bond donors (Lipinski definition) is 1. The maximum absolute atomic E-state index is 13.7. The second kappa shape index (κ2) is 12.8. The molecule has 7 nitrogen and oxygen atoms in total. The van der Waals surface area contributed by atoms with Gasteiger partial charge in [0.25, 0.3) is 11.8 Å². The van der Waals surface area contributed by atoms with Crippen LogP contribution in [0, 0.1) is 0 Å². The highest BCUT2D eigenvalue weighted by atomic mass is 16.2. The third-order valence-corrected chi connectivity index (χ3v) is 6.67. The van der Waals surface area contributed by atoms with Crippen molar-refractivity contribution in [3.05, 3.63) is 107 Å². The lowest BCUT2D eigenvalue weighted by Gasteiger charge is -2.32. The maximum atomic E-state index is 13.7. The number of benzene rings is 3. The Kier molecular flexibility index (Phi) is 9.03. The fraction of sp³-hybridized carbons (Fsp3) is 0.290. The number of carbonyl (C=O) groups is 4. The molecule has 1 atom stereocenters. The van der Waals surface area contributed by atoms with Crippen LogP contribution < -0.4 is 5.32 Å². The summed E-state index contributed by atoms with van der Waals surface area (Å²) in [4.78, 5) is 55.3. The first kappa shape index (κ1) is 26.8. The molecule has 0 radical (unpaired) electrons. The fourth-order valence-corrected chi connectivity index (χ4v) is 4.67. The molecule has 1 heterocycles. The number of fused-ring (bicyclic) bond motifs is 1. The van der Waals surface area contributed by atoms with Gasteiger partial charge in [-0.05, 0) is 36.1 Å². The fourth-order valence-electron chi connectivity index (χ4n) is 4.67. The summed E-state index contributed by atoms with van der Waals surface area (Å²) in [5.74, 6) is -1.06. The van der Waals surface area contributed by atoms with Crippen LogP contribution in [0.1, 0.15) is 58.0 Å². The van der Waals surface area contributed by atoms with Crippen molar-refractivity contribution in [1.29, 1.82) is 0 Å². The van der Waals surface area contributed by atoms with Gasteiger partial charge in [0.2, 0.25) is 11.8 Å². The highest BCUT2D eigenvalue weighted by molar-refractivity contribution is 6.21. The van der Waals surface area contributed by atoms with Gasteiger partial charge < -0.3 is 10.2 Å². The van der Waals surface area contributed by atoms with Crippen LogP contribution in [0.2, 0.25) is 0 Å². The second-order valence-electron chi connectivity index (χ2n) is 9.41. The lowest BCUT2D eigenvalue weighted by atomic mass is 10.0. The summed E-state index contributed by atoms with van der Waals surface area (Å²) in [6.07, 6.45) is 1.58. The molecule has 1 aliphatic rings. The summed E-state index contributed by atoms with van der Waals surface area (Å²) >= 11 is 0. The molecule has 7 heteroatoms. The van der Waals surface area contributed by atoms with Gasteiger partial charge >= 0.3 is 0 Å². The van der Waals surface area contributed by atoms with Crippen molar-refractivity contribution in [1.82, 2.24) is 15.1 Å². The van der Waals surface area contributed by atoms with Crippen molar-refractivity contribution >= 4 is 23.6 Å². The van der Waals surface area contributed by atoms with Crippen LogP contribution in [-0.2, 0) is 22.6 Å². The molecule has 0 saturated heterocycles. The Bertz CT molecular complexity index is 1240. The van der Waals surface area contributed by atoms with E-state index in [1.54, 1.807) is 29.2 Å². The van der Waals surface area contributed by atoms with E-state index in [1.807, 2.05) is 67.6 Å². The smallest absolute Gasteiger partial charge is 0.261 e. The van der Waals surface area contributed by atoms with Crippen LogP contribution >= 0.6 is 0 Å². The Labute approximate surface area is 223 Å². The molecule has 196 valence electrons. The van der Waals surface area contributed by atoms with E-state index in [2.05, 4.69) is 5.32 Å². The molecular formula is C31H33N3O4. The summed E-state index contributed by atoms with van der Waals surface area (Å²) in [5.41, 5.74) is 2.67. The Morgan fingerprint density at radius 3 is 1.95 bits per heavy atom. The summed E-state index contributed by atoms with van der Waals surface area (Å²) in [7, 11) is 0. The van der Waals surface area contributed by atoms with E-state index in [-0.39, 0.29) is 43.1 Å². The molecule has 0 spiro atoms.